The molecule has 0 aliphatic carbocycles. The molecule has 5 nitrogen and oxygen atoms in total. The van der Waals surface area contributed by atoms with Crippen LogP contribution in [-0.2, 0) is 11.2 Å². The molecule has 1 aromatic heterocycles. The fourth-order valence-corrected chi connectivity index (χ4v) is 2.27. The molecule has 1 aromatic rings. The largest absolute Gasteiger partial charge is 0.383 e. The second kappa shape index (κ2) is 10.6. The van der Waals surface area contributed by atoms with Crippen molar-refractivity contribution in [1.82, 2.24) is 15.6 Å². The van der Waals surface area contributed by atoms with E-state index in [4.69, 9.17) is 4.74 Å². The number of nitrogens with one attached hydrogen (secondary N) is 2. The number of hydrogen-bond acceptors (Lipinski definition) is 4. The normalized spacial score (nSPS) is 11.7. The number of aromatic nitrogens is 1. The molecule has 20 heavy (non-hydrogen) atoms. The van der Waals surface area contributed by atoms with Crippen molar-refractivity contribution in [3.05, 3.63) is 16.1 Å². The van der Waals surface area contributed by atoms with Gasteiger partial charge in [0, 0.05) is 38.5 Å². The van der Waals surface area contributed by atoms with Crippen molar-refractivity contribution >= 4 is 17.3 Å². The van der Waals surface area contributed by atoms with E-state index in [1.807, 2.05) is 6.92 Å². The Morgan fingerprint density at radius 2 is 2.20 bits per heavy atom. The van der Waals surface area contributed by atoms with Crippen LogP contribution in [0.5, 0.6) is 0 Å². The van der Waals surface area contributed by atoms with Gasteiger partial charge in [-0.2, -0.15) is 0 Å². The predicted molar refractivity (Wildman–Crippen MR) is 85.6 cm³/mol. The van der Waals surface area contributed by atoms with Gasteiger partial charge in [0.2, 0.25) is 0 Å². The molecule has 0 atom stereocenters. The van der Waals surface area contributed by atoms with E-state index in [1.54, 1.807) is 18.4 Å². The Hall–Kier alpha value is -1.14. The van der Waals surface area contributed by atoms with Crippen molar-refractivity contribution in [1.29, 1.82) is 0 Å². The molecule has 114 valence electrons. The first-order valence-corrected chi connectivity index (χ1v) is 8.06. The maximum Gasteiger partial charge on any atom is 0.191 e. The highest BCUT2D eigenvalue weighted by molar-refractivity contribution is 7.09. The van der Waals surface area contributed by atoms with E-state index in [0.717, 1.165) is 55.6 Å². The van der Waals surface area contributed by atoms with Gasteiger partial charge in [0.1, 0.15) is 0 Å². The summed E-state index contributed by atoms with van der Waals surface area (Å²) in [4.78, 5) is 9.00. The molecule has 6 heteroatoms. The third kappa shape index (κ3) is 7.45. The van der Waals surface area contributed by atoms with Crippen LogP contribution in [0.3, 0.4) is 0 Å². The highest BCUT2D eigenvalue weighted by atomic mass is 32.1. The average Bonchev–Trinajstić information content (AvgIpc) is 2.84. The van der Waals surface area contributed by atoms with Crippen molar-refractivity contribution in [2.45, 2.75) is 33.1 Å². The van der Waals surface area contributed by atoms with Gasteiger partial charge in [-0.05, 0) is 13.3 Å². The first-order valence-electron chi connectivity index (χ1n) is 7.18. The van der Waals surface area contributed by atoms with Crippen LogP contribution in [0, 0.1) is 6.92 Å². The van der Waals surface area contributed by atoms with Crippen LogP contribution in [0.25, 0.3) is 0 Å². The van der Waals surface area contributed by atoms with Gasteiger partial charge in [-0.15, -0.1) is 11.3 Å². The summed E-state index contributed by atoms with van der Waals surface area (Å²) in [6.07, 6.45) is 3.19. The summed E-state index contributed by atoms with van der Waals surface area (Å²) in [7, 11) is 1.70. The molecule has 1 rings (SSSR count). The molecule has 0 radical (unpaired) electrons. The number of ether oxygens (including phenoxy) is 1. The lowest BCUT2D eigenvalue weighted by Gasteiger charge is -2.11. The molecule has 2 N–H and O–H groups in total. The van der Waals surface area contributed by atoms with Crippen LogP contribution in [-0.4, -0.2) is 44.3 Å². The van der Waals surface area contributed by atoms with Crippen molar-refractivity contribution in [2.24, 2.45) is 4.99 Å². The summed E-state index contributed by atoms with van der Waals surface area (Å²) in [5, 5.41) is 9.85. The average molecular weight is 298 g/mol. The summed E-state index contributed by atoms with van der Waals surface area (Å²) < 4.78 is 5.04. The number of nitrogens with zero attached hydrogens (tertiary/aromatic N) is 2. The first-order chi connectivity index (χ1) is 9.76. The van der Waals surface area contributed by atoms with E-state index in [9.17, 15) is 0 Å². The van der Waals surface area contributed by atoms with Crippen molar-refractivity contribution in [3.63, 3.8) is 0 Å². The minimum Gasteiger partial charge on any atom is -0.383 e. The molecular formula is C14H26N4OS. The summed E-state index contributed by atoms with van der Waals surface area (Å²) in [5.41, 5.74) is 1.14. The Balaban J connectivity index is 2.32. The maximum atomic E-state index is 5.04. The number of aliphatic imine (C=N–C) groups is 1. The minimum atomic E-state index is 0.680. The molecule has 1 heterocycles. The van der Waals surface area contributed by atoms with E-state index in [1.165, 1.54) is 0 Å². The Kier molecular flexibility index (Phi) is 8.98. The Labute approximate surface area is 125 Å². The predicted octanol–water partition coefficient (Wildman–Crippen LogP) is 1.98. The van der Waals surface area contributed by atoms with Crippen LogP contribution >= 0.6 is 11.3 Å². The standard InChI is InChI=1S/C14H26N4OS/c1-4-5-7-15-14(17-9-10-19-3)16-8-6-13-11-20-12(2)18-13/h11H,4-10H2,1-3H3,(H2,15,16,17). The van der Waals surface area contributed by atoms with Gasteiger partial charge in [-0.25, -0.2) is 4.98 Å². The zero-order valence-corrected chi connectivity index (χ0v) is 13.6. The Morgan fingerprint density at radius 1 is 1.40 bits per heavy atom. The topological polar surface area (TPSA) is 58.5 Å². The Bertz CT molecular complexity index is 392. The summed E-state index contributed by atoms with van der Waals surface area (Å²) in [5.74, 6) is 0.863. The zero-order chi connectivity index (χ0) is 14.6. The number of aryl methyl sites for hydroxylation is 1. The van der Waals surface area contributed by atoms with Crippen molar-refractivity contribution in [2.75, 3.05) is 33.4 Å². The molecule has 0 saturated heterocycles. The summed E-state index contributed by atoms with van der Waals surface area (Å²) >= 11 is 1.70. The molecule has 0 bridgehead atoms. The van der Waals surface area contributed by atoms with Crippen LogP contribution in [0.1, 0.15) is 30.5 Å². The van der Waals surface area contributed by atoms with Gasteiger partial charge in [0.05, 0.1) is 17.3 Å². The fraction of sp³-hybridized carbons (Fsp3) is 0.714. The van der Waals surface area contributed by atoms with E-state index in [0.29, 0.717) is 6.61 Å². The monoisotopic (exact) mass is 298 g/mol. The van der Waals surface area contributed by atoms with Crippen molar-refractivity contribution in [3.8, 4) is 0 Å². The number of thiazole rings is 1. The number of rotatable bonds is 9. The second-order valence-corrected chi connectivity index (χ2v) is 5.60. The summed E-state index contributed by atoms with van der Waals surface area (Å²) in [6, 6.07) is 0. The van der Waals surface area contributed by atoms with E-state index < -0.39 is 0 Å². The molecule has 0 amide bonds. The molecule has 0 fully saturated rings. The van der Waals surface area contributed by atoms with Gasteiger partial charge in [-0.1, -0.05) is 13.3 Å². The molecule has 0 saturated carbocycles. The smallest absolute Gasteiger partial charge is 0.191 e. The quantitative estimate of drug-likeness (QED) is 0.416. The second-order valence-electron chi connectivity index (χ2n) is 4.54. The minimum absolute atomic E-state index is 0.680. The number of methoxy groups -OCH3 is 1. The van der Waals surface area contributed by atoms with Crippen LogP contribution < -0.4 is 10.6 Å². The van der Waals surface area contributed by atoms with Gasteiger partial charge >= 0.3 is 0 Å². The third-order valence-corrected chi connectivity index (χ3v) is 3.54. The Morgan fingerprint density at radius 3 is 2.85 bits per heavy atom. The van der Waals surface area contributed by atoms with E-state index in [-0.39, 0.29) is 0 Å². The van der Waals surface area contributed by atoms with E-state index in [2.05, 4.69) is 32.9 Å². The fourth-order valence-electron chi connectivity index (χ4n) is 1.63. The van der Waals surface area contributed by atoms with E-state index >= 15 is 0 Å². The SMILES string of the molecule is CCCCN=C(NCCOC)NCCc1csc(C)n1. The number of guanidine groups is 1. The molecule has 0 unspecified atom stereocenters. The lowest BCUT2D eigenvalue weighted by atomic mass is 10.3. The van der Waals surface area contributed by atoms with Crippen LogP contribution in [0.15, 0.2) is 10.4 Å². The molecule has 0 aromatic carbocycles. The highest BCUT2D eigenvalue weighted by Gasteiger charge is 2.00. The molecule has 0 spiro atoms. The number of hydrogen-bond donors (Lipinski definition) is 2. The van der Waals surface area contributed by atoms with Crippen molar-refractivity contribution < 1.29 is 4.74 Å². The highest BCUT2D eigenvalue weighted by Crippen LogP contribution is 2.07. The molecular weight excluding hydrogens is 272 g/mol. The third-order valence-electron chi connectivity index (χ3n) is 2.72. The van der Waals surface area contributed by atoms with Gasteiger partial charge in [0.15, 0.2) is 5.96 Å². The van der Waals surface area contributed by atoms with Gasteiger partial charge in [-0.3, -0.25) is 4.99 Å². The van der Waals surface area contributed by atoms with Crippen LogP contribution in [0.2, 0.25) is 0 Å². The zero-order valence-electron chi connectivity index (χ0n) is 12.7. The van der Waals surface area contributed by atoms with Gasteiger partial charge < -0.3 is 15.4 Å². The summed E-state index contributed by atoms with van der Waals surface area (Å²) in [6.45, 7) is 7.35. The first kappa shape index (κ1) is 16.9. The number of unbranched alkanes of at least 4 members (excludes halogenated alkanes) is 1. The van der Waals surface area contributed by atoms with Crippen LogP contribution in [0.4, 0.5) is 0 Å². The maximum absolute atomic E-state index is 5.04. The molecule has 0 aliphatic heterocycles. The van der Waals surface area contributed by atoms with Gasteiger partial charge in [0.25, 0.3) is 0 Å². The lowest BCUT2D eigenvalue weighted by Crippen LogP contribution is -2.40. The lowest BCUT2D eigenvalue weighted by molar-refractivity contribution is 0.203. The molecule has 0 aliphatic rings.